The first-order chi connectivity index (χ1) is 3.00. The lowest BCUT2D eigenvalue weighted by Gasteiger charge is -1.89. The first-order valence-corrected chi connectivity index (χ1v) is 1.65. The highest BCUT2D eigenvalue weighted by Gasteiger charge is 1.79. The molecule has 0 amide bonds. The quantitative estimate of drug-likeness (QED) is 0.365. The summed E-state index contributed by atoms with van der Waals surface area (Å²) in [6.45, 7) is 0. The Kier molecular flexibility index (Phi) is 3.64. The number of allylic oxidation sites excluding steroid dienone is 1. The fourth-order valence-corrected chi connectivity index (χ4v) is 0.236. The van der Waals surface area contributed by atoms with Crippen molar-refractivity contribution < 1.29 is 27.4 Å². The van der Waals surface area contributed by atoms with Gasteiger partial charge in [0.15, 0.2) is 6.26 Å². The molecule has 0 unspecified atom stereocenters. The molecule has 0 aromatic rings. The van der Waals surface area contributed by atoms with Crippen molar-refractivity contribution >= 4 is 6.21 Å². The van der Waals surface area contributed by atoms with Gasteiger partial charge in [0.1, 0.15) is 0 Å². The fraction of sp³-hybridized carbons (Fsp3) is 0. The molecular weight excluding hydrogens is 160 g/mol. The lowest BCUT2D eigenvalue weighted by Crippen LogP contribution is -3.00. The molecule has 0 aliphatic carbocycles. The first kappa shape index (κ1) is 6.65. The third-order valence-corrected chi connectivity index (χ3v) is 0.451. The molecule has 0 radical (unpaired) electrons. The molecule has 40 valence electrons. The van der Waals surface area contributed by atoms with Crippen LogP contribution in [0.2, 0.25) is 0 Å². The van der Waals surface area contributed by atoms with Crippen LogP contribution in [0.4, 0.5) is 0 Å². The Balaban J connectivity index is 0.000000360. The van der Waals surface area contributed by atoms with Gasteiger partial charge in [0.2, 0.25) is 0 Å². The van der Waals surface area contributed by atoms with E-state index in [0.29, 0.717) is 0 Å². The van der Waals surface area contributed by atoms with Gasteiger partial charge in [0, 0.05) is 6.08 Å². The van der Waals surface area contributed by atoms with Crippen LogP contribution in [0.5, 0.6) is 0 Å². The van der Waals surface area contributed by atoms with Gasteiger partial charge in [-0.25, -0.2) is 0 Å². The smallest absolute Gasteiger partial charge is 0.159 e. The molecule has 0 saturated carbocycles. The van der Waals surface area contributed by atoms with Crippen molar-refractivity contribution in [2.45, 2.75) is 0 Å². The van der Waals surface area contributed by atoms with E-state index in [1.165, 1.54) is 5.59 Å². The van der Waals surface area contributed by atoms with Gasteiger partial charge in [-0.2, -0.15) is 0 Å². The van der Waals surface area contributed by atoms with E-state index in [1.54, 1.807) is 18.6 Å². The molecule has 0 fully saturated rings. The van der Waals surface area contributed by atoms with Gasteiger partial charge < -0.3 is 17.0 Å². The van der Waals surface area contributed by atoms with E-state index in [0.717, 1.165) is 0 Å². The zero-order valence-electron chi connectivity index (χ0n) is 3.54. The first-order valence-electron chi connectivity index (χ1n) is 1.65. The highest BCUT2D eigenvalue weighted by molar-refractivity contribution is 5.69. The highest BCUT2D eigenvalue weighted by atomic mass is 79.9. The molecule has 0 aromatic carbocycles. The summed E-state index contributed by atoms with van der Waals surface area (Å²) in [6.07, 6.45) is 4.94. The van der Waals surface area contributed by atoms with Crippen LogP contribution in [-0.2, 0) is 4.84 Å². The van der Waals surface area contributed by atoms with Crippen LogP contribution >= 0.6 is 0 Å². The van der Waals surface area contributed by atoms with E-state index in [9.17, 15) is 0 Å². The number of halogens is 1. The number of nitrogens with two attached hydrogens (primary N) is 1. The average Bonchev–Trinajstić information content (AvgIpc) is 1.72. The van der Waals surface area contributed by atoms with Crippen molar-refractivity contribution in [2.24, 2.45) is 5.10 Å². The van der Waals surface area contributed by atoms with Gasteiger partial charge in [-0.15, -0.1) is 0 Å². The van der Waals surface area contributed by atoms with Crippen molar-refractivity contribution in [3.63, 3.8) is 0 Å². The zero-order chi connectivity index (χ0) is 4.24. The van der Waals surface area contributed by atoms with E-state index in [1.807, 2.05) is 0 Å². The Morgan fingerprint density at radius 1 is 1.57 bits per heavy atom. The lowest BCUT2D eigenvalue weighted by molar-refractivity contribution is -0.886. The largest absolute Gasteiger partial charge is 1.00 e. The van der Waals surface area contributed by atoms with Gasteiger partial charge in [-0.05, 0) is 10.7 Å². The summed E-state index contributed by atoms with van der Waals surface area (Å²) in [5, 5.41) is 3.62. The van der Waals surface area contributed by atoms with Crippen LogP contribution in [0.25, 0.3) is 0 Å². The number of hydrogen-bond acceptors (Lipinski definition) is 2. The number of hydrogen-bond donors (Lipinski definition) is 1. The molecule has 7 heavy (non-hydrogen) atoms. The molecule has 0 bridgehead atoms. The maximum absolute atomic E-state index is 4.57. The van der Waals surface area contributed by atoms with Crippen LogP contribution in [0, 0.1) is 0 Å². The zero-order valence-corrected chi connectivity index (χ0v) is 5.13. The van der Waals surface area contributed by atoms with Gasteiger partial charge in [0.05, 0.1) is 6.21 Å². The summed E-state index contributed by atoms with van der Waals surface area (Å²) in [4.78, 5) is 4.57. The van der Waals surface area contributed by atoms with E-state index in [4.69, 9.17) is 0 Å². The van der Waals surface area contributed by atoms with Gasteiger partial charge in [0.25, 0.3) is 0 Å². The minimum absolute atomic E-state index is 0. The van der Waals surface area contributed by atoms with Crippen LogP contribution in [0.15, 0.2) is 17.4 Å². The third-order valence-electron chi connectivity index (χ3n) is 0.451. The number of quaternary nitrogens is 1. The summed E-state index contributed by atoms with van der Waals surface area (Å²) in [5.74, 6) is 0. The minimum atomic E-state index is 0. The maximum Gasteiger partial charge on any atom is 0.159 e. The second-order valence-corrected chi connectivity index (χ2v) is 0.868. The van der Waals surface area contributed by atoms with Crippen molar-refractivity contribution in [2.75, 3.05) is 0 Å². The molecule has 1 aliphatic rings. The Morgan fingerprint density at radius 2 is 2.43 bits per heavy atom. The van der Waals surface area contributed by atoms with Crippen molar-refractivity contribution in [1.82, 2.24) is 0 Å². The second-order valence-electron chi connectivity index (χ2n) is 0.868. The van der Waals surface area contributed by atoms with Crippen molar-refractivity contribution in [3.8, 4) is 0 Å². The molecule has 4 heteroatoms. The topological polar surface area (TPSA) is 38.2 Å². The molecule has 0 atom stereocenters. The van der Waals surface area contributed by atoms with Gasteiger partial charge in [-0.1, -0.05) is 0 Å². The standard InChI is InChI=1S/C3H4N2O.BrH/c1-2-4-5-6-3-1;/h1-3,5H;1H. The minimum Gasteiger partial charge on any atom is -1.00 e. The summed E-state index contributed by atoms with van der Waals surface area (Å²) in [7, 11) is 0. The average molecular weight is 165 g/mol. The SMILES string of the molecule is C1=CO[NH2+]N=C1.[Br-]. The Labute approximate surface area is 51.8 Å². The van der Waals surface area contributed by atoms with Crippen LogP contribution in [0.1, 0.15) is 0 Å². The van der Waals surface area contributed by atoms with Crippen LogP contribution < -0.4 is 22.6 Å². The molecule has 2 N–H and O–H groups in total. The van der Waals surface area contributed by atoms with E-state index in [2.05, 4.69) is 9.94 Å². The predicted octanol–water partition coefficient (Wildman–Crippen LogP) is -4.00. The molecule has 1 heterocycles. The lowest BCUT2D eigenvalue weighted by atomic mass is 10.7. The third kappa shape index (κ3) is 2.36. The van der Waals surface area contributed by atoms with Crippen LogP contribution in [0.3, 0.4) is 0 Å². The Bertz CT molecular complexity index is 78.9. The summed E-state index contributed by atoms with van der Waals surface area (Å²) >= 11 is 0. The van der Waals surface area contributed by atoms with E-state index < -0.39 is 0 Å². The summed E-state index contributed by atoms with van der Waals surface area (Å²) < 4.78 is 0. The van der Waals surface area contributed by atoms with Gasteiger partial charge in [-0.3, -0.25) is 4.84 Å². The predicted molar refractivity (Wildman–Crippen MR) is 20.6 cm³/mol. The van der Waals surface area contributed by atoms with Gasteiger partial charge >= 0.3 is 0 Å². The molecule has 0 spiro atoms. The second kappa shape index (κ2) is 3.83. The molecular formula is C3H5BrN2O. The molecule has 3 nitrogen and oxygen atoms in total. The monoisotopic (exact) mass is 164 g/mol. The molecule has 1 rings (SSSR count). The Hall–Kier alpha value is -0.350. The van der Waals surface area contributed by atoms with E-state index >= 15 is 0 Å². The van der Waals surface area contributed by atoms with Crippen molar-refractivity contribution in [1.29, 1.82) is 0 Å². The molecule has 0 aromatic heterocycles. The number of nitrogens with zero attached hydrogens (tertiary/aromatic N) is 1. The fourth-order valence-electron chi connectivity index (χ4n) is 0.236. The highest BCUT2D eigenvalue weighted by Crippen LogP contribution is 1.65. The van der Waals surface area contributed by atoms with E-state index in [-0.39, 0.29) is 17.0 Å². The summed E-state index contributed by atoms with van der Waals surface area (Å²) in [6, 6.07) is 0. The molecule has 0 saturated heterocycles. The molecule has 1 aliphatic heterocycles. The van der Waals surface area contributed by atoms with Crippen LogP contribution in [-0.4, -0.2) is 6.21 Å². The maximum atomic E-state index is 4.57. The summed E-state index contributed by atoms with van der Waals surface area (Å²) in [5.41, 5.74) is 1.38. The number of rotatable bonds is 0. The van der Waals surface area contributed by atoms with Crippen molar-refractivity contribution in [3.05, 3.63) is 12.3 Å². The normalized spacial score (nSPS) is 14.9. The Morgan fingerprint density at radius 3 is 2.57 bits per heavy atom.